The Morgan fingerprint density at radius 1 is 1.17 bits per heavy atom. The highest BCUT2D eigenvalue weighted by molar-refractivity contribution is 6.21. The molecule has 0 saturated carbocycles. The maximum atomic E-state index is 6.75. The fraction of sp³-hybridized carbons (Fsp3) is 0.647. The van der Waals surface area contributed by atoms with E-state index in [9.17, 15) is 0 Å². The van der Waals surface area contributed by atoms with E-state index in [1.807, 2.05) is 0 Å². The van der Waals surface area contributed by atoms with Crippen LogP contribution in [0.4, 0.5) is 0 Å². The Balaban J connectivity index is 2.55. The molecule has 0 heterocycles. The zero-order chi connectivity index (χ0) is 13.3. The van der Waals surface area contributed by atoms with E-state index in [1.165, 1.54) is 29.5 Å². The Morgan fingerprint density at radius 2 is 1.78 bits per heavy atom. The molecule has 1 unspecified atom stereocenters. The first-order valence-corrected chi connectivity index (χ1v) is 7.69. The highest BCUT2D eigenvalue weighted by Crippen LogP contribution is 2.44. The van der Waals surface area contributed by atoms with Crippen molar-refractivity contribution in [1.29, 1.82) is 0 Å². The first-order chi connectivity index (χ1) is 8.48. The second-order valence-corrected chi connectivity index (χ2v) is 6.85. The molecular formula is C17H25Cl. The van der Waals surface area contributed by atoms with Crippen LogP contribution in [-0.4, -0.2) is 0 Å². The average molecular weight is 265 g/mol. The molecule has 0 amide bonds. The van der Waals surface area contributed by atoms with E-state index in [-0.39, 0.29) is 5.38 Å². The first-order valence-electron chi connectivity index (χ1n) is 7.26. The van der Waals surface area contributed by atoms with Gasteiger partial charge in [0.2, 0.25) is 0 Å². The molecule has 0 aromatic heterocycles. The highest BCUT2D eigenvalue weighted by atomic mass is 35.5. The summed E-state index contributed by atoms with van der Waals surface area (Å²) < 4.78 is 0. The summed E-state index contributed by atoms with van der Waals surface area (Å²) in [5.41, 5.74) is 6.35. The van der Waals surface area contributed by atoms with Crippen LogP contribution in [-0.2, 0) is 19.3 Å². The van der Waals surface area contributed by atoms with E-state index < -0.39 is 0 Å². The summed E-state index contributed by atoms with van der Waals surface area (Å²) in [6.45, 7) is 9.19. The van der Waals surface area contributed by atoms with Gasteiger partial charge in [-0.15, -0.1) is 11.6 Å². The Hall–Kier alpha value is -0.490. The minimum Gasteiger partial charge on any atom is -0.118 e. The largest absolute Gasteiger partial charge is 0.118 e. The fourth-order valence-corrected chi connectivity index (χ4v) is 3.93. The third-order valence-electron chi connectivity index (χ3n) is 4.40. The summed E-state index contributed by atoms with van der Waals surface area (Å²) in [5.74, 6) is 0. The van der Waals surface area contributed by atoms with E-state index in [0.29, 0.717) is 5.41 Å². The lowest BCUT2D eigenvalue weighted by molar-refractivity contribution is 0.313. The van der Waals surface area contributed by atoms with Gasteiger partial charge in [0.1, 0.15) is 0 Å². The predicted molar refractivity (Wildman–Crippen MR) is 80.5 cm³/mol. The van der Waals surface area contributed by atoms with Gasteiger partial charge in [-0.2, -0.15) is 0 Å². The van der Waals surface area contributed by atoms with Crippen molar-refractivity contribution in [3.05, 3.63) is 34.4 Å². The molecule has 1 atom stereocenters. The molecule has 0 saturated heterocycles. The van der Waals surface area contributed by atoms with Gasteiger partial charge < -0.3 is 0 Å². The maximum Gasteiger partial charge on any atom is 0.0595 e. The Bertz CT molecular complexity index is 431. The zero-order valence-electron chi connectivity index (χ0n) is 12.1. The second kappa shape index (κ2) is 5.25. The molecule has 1 heteroatoms. The van der Waals surface area contributed by atoms with Crippen molar-refractivity contribution in [3.63, 3.8) is 0 Å². The minimum absolute atomic E-state index is 0.193. The highest BCUT2D eigenvalue weighted by Gasteiger charge is 2.30. The predicted octanol–water partition coefficient (Wildman–Crippen LogP) is 5.45. The van der Waals surface area contributed by atoms with Gasteiger partial charge in [-0.3, -0.25) is 0 Å². The normalized spacial score (nSPS) is 22.4. The van der Waals surface area contributed by atoms with E-state index in [1.54, 1.807) is 5.56 Å². The van der Waals surface area contributed by atoms with Crippen molar-refractivity contribution in [2.24, 2.45) is 5.41 Å². The summed E-state index contributed by atoms with van der Waals surface area (Å²) in [7, 11) is 0. The van der Waals surface area contributed by atoms with Gasteiger partial charge >= 0.3 is 0 Å². The SMILES string of the molecule is CCc1ccc(CC)c2c1CCC(C)(C)CC2Cl. The molecule has 100 valence electrons. The van der Waals surface area contributed by atoms with Crippen LogP contribution in [0.5, 0.6) is 0 Å². The summed E-state index contributed by atoms with van der Waals surface area (Å²) >= 11 is 6.75. The van der Waals surface area contributed by atoms with Gasteiger partial charge in [-0.25, -0.2) is 0 Å². The molecule has 18 heavy (non-hydrogen) atoms. The monoisotopic (exact) mass is 264 g/mol. The van der Waals surface area contributed by atoms with E-state index in [2.05, 4.69) is 39.8 Å². The van der Waals surface area contributed by atoms with Crippen molar-refractivity contribution in [1.82, 2.24) is 0 Å². The molecule has 0 aliphatic heterocycles. The van der Waals surface area contributed by atoms with Gasteiger partial charge in [-0.05, 0) is 59.8 Å². The number of alkyl halides is 1. The third kappa shape index (κ3) is 2.59. The average Bonchev–Trinajstić information content (AvgIpc) is 2.45. The summed E-state index contributed by atoms with van der Waals surface area (Å²) in [6.07, 6.45) is 5.76. The fourth-order valence-electron chi connectivity index (χ4n) is 3.24. The first kappa shape index (κ1) is 13.9. The van der Waals surface area contributed by atoms with Crippen molar-refractivity contribution in [3.8, 4) is 0 Å². The lowest BCUT2D eigenvalue weighted by Crippen LogP contribution is -2.12. The van der Waals surface area contributed by atoms with Crippen molar-refractivity contribution in [2.45, 2.75) is 65.2 Å². The number of fused-ring (bicyclic) bond motifs is 1. The Labute approximate surface area is 117 Å². The standard InChI is InChI=1S/C17H25Cl/c1-5-12-7-8-13(6-2)16-14(12)9-10-17(3,4)11-15(16)18/h7-8,15H,5-6,9-11H2,1-4H3. The van der Waals surface area contributed by atoms with Crippen molar-refractivity contribution < 1.29 is 0 Å². The van der Waals surface area contributed by atoms with E-state index >= 15 is 0 Å². The second-order valence-electron chi connectivity index (χ2n) is 6.32. The molecule has 1 aromatic rings. The quantitative estimate of drug-likeness (QED) is 0.492. The summed E-state index contributed by atoms with van der Waals surface area (Å²) in [5, 5.41) is 0.193. The van der Waals surface area contributed by atoms with Crippen molar-refractivity contribution in [2.75, 3.05) is 0 Å². The van der Waals surface area contributed by atoms with Crippen molar-refractivity contribution >= 4 is 11.6 Å². The molecule has 0 N–H and O–H groups in total. The molecule has 0 radical (unpaired) electrons. The van der Waals surface area contributed by atoms with Gasteiger partial charge in [0.15, 0.2) is 0 Å². The molecule has 1 aromatic carbocycles. The third-order valence-corrected chi connectivity index (χ3v) is 4.78. The molecule has 2 rings (SSSR count). The smallest absolute Gasteiger partial charge is 0.0595 e. The van der Waals surface area contributed by atoms with Crippen LogP contribution in [0.25, 0.3) is 0 Å². The zero-order valence-corrected chi connectivity index (χ0v) is 12.9. The Morgan fingerprint density at radius 3 is 2.39 bits per heavy atom. The van der Waals surface area contributed by atoms with Crippen LogP contribution in [0.2, 0.25) is 0 Å². The Kier molecular flexibility index (Phi) is 4.06. The van der Waals surface area contributed by atoms with Crippen LogP contribution in [0.15, 0.2) is 12.1 Å². The number of benzene rings is 1. The molecule has 0 fully saturated rings. The topological polar surface area (TPSA) is 0 Å². The van der Waals surface area contributed by atoms with Crippen LogP contribution >= 0.6 is 11.6 Å². The van der Waals surface area contributed by atoms with Gasteiger partial charge in [0.05, 0.1) is 5.38 Å². The number of halogens is 1. The number of hydrogen-bond donors (Lipinski definition) is 0. The molecule has 1 aliphatic rings. The lowest BCUT2D eigenvalue weighted by atomic mass is 9.84. The maximum absolute atomic E-state index is 6.75. The molecule has 1 aliphatic carbocycles. The van der Waals surface area contributed by atoms with E-state index in [0.717, 1.165) is 19.3 Å². The van der Waals surface area contributed by atoms with Crippen LogP contribution in [0, 0.1) is 5.41 Å². The molecule has 0 spiro atoms. The number of hydrogen-bond acceptors (Lipinski definition) is 0. The van der Waals surface area contributed by atoms with Gasteiger partial charge in [0, 0.05) is 0 Å². The van der Waals surface area contributed by atoms with Crippen LogP contribution in [0.1, 0.15) is 68.2 Å². The summed E-state index contributed by atoms with van der Waals surface area (Å²) in [6, 6.07) is 4.62. The molecular weight excluding hydrogens is 240 g/mol. The number of rotatable bonds is 2. The van der Waals surface area contributed by atoms with Gasteiger partial charge in [-0.1, -0.05) is 39.8 Å². The lowest BCUT2D eigenvalue weighted by Gasteiger charge is -2.24. The number of aryl methyl sites for hydroxylation is 2. The summed E-state index contributed by atoms with van der Waals surface area (Å²) in [4.78, 5) is 0. The molecule has 0 bridgehead atoms. The minimum atomic E-state index is 0.193. The van der Waals surface area contributed by atoms with E-state index in [4.69, 9.17) is 11.6 Å². The van der Waals surface area contributed by atoms with Crippen LogP contribution < -0.4 is 0 Å². The molecule has 0 nitrogen and oxygen atoms in total. The van der Waals surface area contributed by atoms with Gasteiger partial charge in [0.25, 0.3) is 0 Å². The van der Waals surface area contributed by atoms with Crippen LogP contribution in [0.3, 0.4) is 0 Å².